The molecule has 0 bridgehead atoms. The van der Waals surface area contributed by atoms with E-state index in [-0.39, 0.29) is 0 Å². The molecule has 30 heavy (non-hydrogen) atoms. The number of hydrogen-bond donors (Lipinski definition) is 0. The molecular weight excluding hydrogens is 583 g/mol. The first-order chi connectivity index (χ1) is 13.5. The first kappa shape index (κ1) is 24.5. The third-order valence-corrected chi connectivity index (χ3v) is 6.53. The average Bonchev–Trinajstić information content (AvgIpc) is 2.59. The highest BCUT2D eigenvalue weighted by atomic mass is 79.9. The lowest BCUT2D eigenvalue weighted by Gasteiger charge is -2.28. The lowest BCUT2D eigenvalue weighted by atomic mass is 10.0. The van der Waals surface area contributed by atoms with Crippen LogP contribution in [0, 0.1) is 16.2 Å². The van der Waals surface area contributed by atoms with Crippen LogP contribution in [0.3, 0.4) is 0 Å². The molecule has 0 unspecified atom stereocenters. The van der Waals surface area contributed by atoms with Crippen LogP contribution in [0.15, 0.2) is 44.2 Å². The Morgan fingerprint density at radius 2 is 1.53 bits per heavy atom. The van der Waals surface area contributed by atoms with E-state index in [1.54, 1.807) is 0 Å². The molecular formula is C15H5Br2F7NO4S. The van der Waals surface area contributed by atoms with Gasteiger partial charge in [0.2, 0.25) is 0 Å². The summed E-state index contributed by atoms with van der Waals surface area (Å²) in [5.74, 6) is -6.96. The van der Waals surface area contributed by atoms with Crippen molar-refractivity contribution in [2.45, 2.75) is 22.2 Å². The van der Waals surface area contributed by atoms with Gasteiger partial charge in [-0.15, -0.1) is 0 Å². The van der Waals surface area contributed by atoms with Gasteiger partial charge in [-0.2, -0.15) is 30.7 Å². The summed E-state index contributed by atoms with van der Waals surface area (Å²) in [7, 11) is -6.75. The Hall–Kier alpha value is -1.74. The van der Waals surface area contributed by atoms with Gasteiger partial charge in [0.05, 0.1) is 15.4 Å². The number of sulfone groups is 1. The molecule has 2 aromatic carbocycles. The molecule has 0 heterocycles. The molecule has 163 valence electrons. The van der Waals surface area contributed by atoms with Crippen LogP contribution in [0.4, 0.5) is 36.4 Å². The predicted octanol–water partition coefficient (Wildman–Crippen LogP) is 6.15. The number of hydrogen-bond acceptors (Lipinski definition) is 4. The Labute approximate surface area is 180 Å². The maximum absolute atomic E-state index is 14.1. The van der Waals surface area contributed by atoms with Crippen LogP contribution in [0.2, 0.25) is 0 Å². The standard InChI is InChI=1S/C15H5Br2F7NO4S/c16-7-5-9(17)12(8-3-1-2-4-10(8)25(26)27)11(6-7)30(28,29)15(23,24)13(18,19)14(20,21)22/h1-4,6H. The Bertz CT molecular complexity index is 1120. The summed E-state index contributed by atoms with van der Waals surface area (Å²) in [6, 6.07) is 6.65. The van der Waals surface area contributed by atoms with Crippen LogP contribution in [0.25, 0.3) is 11.1 Å². The molecule has 0 aromatic heterocycles. The number of alkyl halides is 7. The minimum absolute atomic E-state index is 0.298. The Morgan fingerprint density at radius 1 is 1.00 bits per heavy atom. The number of para-hydroxylation sites is 1. The summed E-state index contributed by atoms with van der Waals surface area (Å²) in [6.07, 6.45) is -6.90. The molecule has 0 fully saturated rings. The fourth-order valence-corrected chi connectivity index (χ4v) is 5.38. The average molecular weight is 588 g/mol. The number of rotatable bonds is 5. The lowest BCUT2D eigenvalue weighted by Crippen LogP contribution is -2.56. The van der Waals surface area contributed by atoms with Gasteiger partial charge < -0.3 is 0 Å². The summed E-state index contributed by atoms with van der Waals surface area (Å²) in [5.41, 5.74) is -2.40. The molecule has 2 aromatic rings. The van der Waals surface area contributed by atoms with E-state index >= 15 is 0 Å². The molecule has 0 aliphatic heterocycles. The van der Waals surface area contributed by atoms with Gasteiger partial charge in [0.15, 0.2) is 0 Å². The monoisotopic (exact) mass is 586 g/mol. The minimum Gasteiger partial charge on any atom is -0.258 e. The van der Waals surface area contributed by atoms with Crippen LogP contribution in [-0.4, -0.2) is 30.7 Å². The molecule has 15 heteroatoms. The molecule has 0 amide bonds. The largest absolute Gasteiger partial charge is 0.461 e. The Kier molecular flexibility index (Phi) is 6.33. The van der Waals surface area contributed by atoms with Crippen molar-refractivity contribution in [1.82, 2.24) is 0 Å². The zero-order chi connectivity index (χ0) is 23.3. The lowest BCUT2D eigenvalue weighted by molar-refractivity contribution is -0.384. The van der Waals surface area contributed by atoms with Gasteiger partial charge in [0, 0.05) is 26.6 Å². The normalized spacial score (nSPS) is 13.4. The van der Waals surface area contributed by atoms with Crippen molar-refractivity contribution in [3.63, 3.8) is 0 Å². The van der Waals surface area contributed by atoms with Crippen molar-refractivity contribution in [3.05, 3.63) is 55.5 Å². The van der Waals surface area contributed by atoms with E-state index in [2.05, 4.69) is 37.9 Å². The summed E-state index contributed by atoms with van der Waals surface area (Å²) in [6.45, 7) is 0. The topological polar surface area (TPSA) is 77.3 Å². The summed E-state index contributed by atoms with van der Waals surface area (Å²) in [5, 5.41) is 4.58. The predicted molar refractivity (Wildman–Crippen MR) is 95.9 cm³/mol. The molecule has 0 N–H and O–H groups in total. The van der Waals surface area contributed by atoms with Crippen molar-refractivity contribution in [1.29, 1.82) is 0 Å². The number of nitrogens with zero attached hydrogens (tertiary/aromatic N) is 1. The molecule has 5 nitrogen and oxygen atoms in total. The molecule has 0 saturated carbocycles. The van der Waals surface area contributed by atoms with Crippen molar-refractivity contribution < 1.29 is 44.1 Å². The van der Waals surface area contributed by atoms with Gasteiger partial charge in [-0.3, -0.25) is 10.1 Å². The van der Waals surface area contributed by atoms with E-state index in [1.165, 1.54) is 0 Å². The highest BCUT2D eigenvalue weighted by molar-refractivity contribution is 9.11. The van der Waals surface area contributed by atoms with Gasteiger partial charge in [-0.1, -0.05) is 28.1 Å². The third-order valence-electron chi connectivity index (χ3n) is 3.67. The summed E-state index contributed by atoms with van der Waals surface area (Å²) in [4.78, 5) is 8.50. The van der Waals surface area contributed by atoms with Crippen LogP contribution in [0.1, 0.15) is 0 Å². The van der Waals surface area contributed by atoms with Gasteiger partial charge in [0.25, 0.3) is 15.5 Å². The zero-order valence-electron chi connectivity index (χ0n) is 13.8. The second-order valence-electron chi connectivity index (χ2n) is 5.54. The van der Waals surface area contributed by atoms with Gasteiger partial charge in [0.1, 0.15) is 0 Å². The van der Waals surface area contributed by atoms with Crippen LogP contribution in [-0.2, 0) is 9.84 Å². The number of halogens is 9. The van der Waals surface area contributed by atoms with E-state index in [0.717, 1.165) is 24.3 Å². The summed E-state index contributed by atoms with van der Waals surface area (Å²) >= 11 is 5.42. The molecule has 0 aliphatic rings. The van der Waals surface area contributed by atoms with E-state index in [1.807, 2.05) is 0 Å². The van der Waals surface area contributed by atoms with E-state index < -0.39 is 62.8 Å². The van der Waals surface area contributed by atoms with Crippen molar-refractivity contribution in [2.75, 3.05) is 0 Å². The molecule has 0 spiro atoms. The van der Waals surface area contributed by atoms with E-state index in [9.17, 15) is 49.3 Å². The first-order valence-corrected chi connectivity index (χ1v) is 10.3. The first-order valence-electron chi connectivity index (χ1n) is 7.19. The Balaban J connectivity index is 2.96. The zero-order valence-corrected chi connectivity index (χ0v) is 17.8. The molecule has 2 rings (SSSR count). The van der Waals surface area contributed by atoms with Crippen LogP contribution < -0.4 is 0 Å². The fraction of sp³-hybridized carbons (Fsp3) is 0.200. The van der Waals surface area contributed by atoms with Gasteiger partial charge >= 0.3 is 17.4 Å². The van der Waals surface area contributed by atoms with Crippen LogP contribution >= 0.6 is 31.9 Å². The molecule has 0 atom stereocenters. The fourth-order valence-electron chi connectivity index (χ4n) is 2.28. The smallest absolute Gasteiger partial charge is 0.258 e. The maximum Gasteiger partial charge on any atom is 0.461 e. The second-order valence-corrected chi connectivity index (χ2v) is 9.14. The van der Waals surface area contributed by atoms with Crippen molar-refractivity contribution >= 4 is 47.4 Å². The van der Waals surface area contributed by atoms with Gasteiger partial charge in [-0.25, -0.2) is 8.42 Å². The third kappa shape index (κ3) is 3.82. The molecule has 0 aliphatic carbocycles. The van der Waals surface area contributed by atoms with Crippen molar-refractivity contribution in [3.8, 4) is 11.1 Å². The highest BCUT2D eigenvalue weighted by Gasteiger charge is 2.78. The highest BCUT2D eigenvalue weighted by Crippen LogP contribution is 2.53. The minimum atomic E-state index is -6.96. The maximum atomic E-state index is 14.1. The SMILES string of the molecule is O=[N+]([O-])c1ccccc1-c1c(Br)[c]c(Br)cc1S(=O)(=O)C(F)(F)C(F)(F)C(F)(F)F. The number of nitro groups is 1. The number of benzene rings is 2. The van der Waals surface area contributed by atoms with Crippen molar-refractivity contribution in [2.24, 2.45) is 0 Å². The quantitative estimate of drug-likeness (QED) is 0.239. The Morgan fingerprint density at radius 3 is 2.03 bits per heavy atom. The molecule has 0 saturated heterocycles. The number of nitro benzene ring substituents is 1. The summed E-state index contributed by atoms with van der Waals surface area (Å²) < 4.78 is 117. The van der Waals surface area contributed by atoms with E-state index in [4.69, 9.17) is 0 Å². The molecule has 1 radical (unpaired) electrons. The second kappa shape index (κ2) is 7.75. The van der Waals surface area contributed by atoms with E-state index in [0.29, 0.717) is 6.07 Å². The van der Waals surface area contributed by atoms with Crippen LogP contribution in [0.5, 0.6) is 0 Å². The van der Waals surface area contributed by atoms with Gasteiger partial charge in [-0.05, 0) is 28.1 Å².